The van der Waals surface area contributed by atoms with Gasteiger partial charge in [0, 0.05) is 3.57 Å². The predicted octanol–water partition coefficient (Wildman–Crippen LogP) is 3.04. The number of ether oxygens (including phenoxy) is 2. The molecule has 0 saturated heterocycles. The van der Waals surface area contributed by atoms with Crippen LogP contribution < -0.4 is 9.47 Å². The first kappa shape index (κ1) is 12.2. The van der Waals surface area contributed by atoms with Crippen LogP contribution in [0.25, 0.3) is 0 Å². The van der Waals surface area contributed by atoms with Gasteiger partial charge in [-0.15, -0.1) is 0 Å². The average molecular weight is 366 g/mol. The van der Waals surface area contributed by atoms with E-state index in [1.54, 1.807) is 42.5 Å². The van der Waals surface area contributed by atoms with Crippen LogP contribution in [0.15, 0.2) is 42.5 Å². The fourth-order valence-electron chi connectivity index (χ4n) is 1.83. The molecule has 0 atom stereocenters. The summed E-state index contributed by atoms with van der Waals surface area (Å²) in [6.45, 7) is 0. The van der Waals surface area contributed by atoms with Gasteiger partial charge in [-0.1, -0.05) is 18.2 Å². The van der Waals surface area contributed by atoms with Crippen LogP contribution in [0.3, 0.4) is 0 Å². The van der Waals surface area contributed by atoms with Gasteiger partial charge in [0.05, 0.1) is 11.1 Å². The molecule has 1 heterocycles. The Morgan fingerprint density at radius 2 is 1.42 bits per heavy atom. The number of hydrogen-bond acceptors (Lipinski definition) is 4. The summed E-state index contributed by atoms with van der Waals surface area (Å²) >= 11 is 1.99. The fraction of sp³-hybridized carbons (Fsp3) is 0. The monoisotopic (exact) mass is 366 g/mol. The molecule has 2 aromatic rings. The molecule has 1 aliphatic rings. The van der Waals surface area contributed by atoms with Crippen molar-refractivity contribution in [2.45, 2.75) is 0 Å². The second-order valence-corrected chi connectivity index (χ2v) is 5.05. The van der Waals surface area contributed by atoms with E-state index >= 15 is 0 Å². The molecule has 0 fully saturated rings. The van der Waals surface area contributed by atoms with Gasteiger partial charge in [-0.3, -0.25) is 0 Å². The van der Waals surface area contributed by atoms with Crippen molar-refractivity contribution in [2.75, 3.05) is 0 Å². The molecule has 19 heavy (non-hydrogen) atoms. The van der Waals surface area contributed by atoms with Crippen LogP contribution in [0, 0.1) is 3.57 Å². The van der Waals surface area contributed by atoms with E-state index in [4.69, 9.17) is 9.47 Å². The number of esters is 2. The van der Waals surface area contributed by atoms with Crippen LogP contribution in [0.4, 0.5) is 0 Å². The van der Waals surface area contributed by atoms with Gasteiger partial charge in [0.25, 0.3) is 0 Å². The molecular weight excluding hydrogens is 359 g/mol. The van der Waals surface area contributed by atoms with E-state index in [1.165, 1.54) is 0 Å². The van der Waals surface area contributed by atoms with E-state index in [1.807, 2.05) is 22.6 Å². The van der Waals surface area contributed by atoms with Crippen LogP contribution >= 0.6 is 22.6 Å². The SMILES string of the molecule is O=C1Oc2ccccc2OC(=O)c2c(I)cccc21. The number of fused-ring (bicyclic) bond motifs is 2. The Kier molecular flexibility index (Phi) is 2.98. The third-order valence-corrected chi connectivity index (χ3v) is 3.59. The van der Waals surface area contributed by atoms with Crippen molar-refractivity contribution in [2.24, 2.45) is 0 Å². The molecule has 0 bridgehead atoms. The average Bonchev–Trinajstić information content (AvgIpc) is 2.39. The molecule has 5 heteroatoms. The predicted molar refractivity (Wildman–Crippen MR) is 75.5 cm³/mol. The van der Waals surface area contributed by atoms with Gasteiger partial charge >= 0.3 is 11.9 Å². The van der Waals surface area contributed by atoms with Gasteiger partial charge in [-0.25, -0.2) is 9.59 Å². The molecule has 4 nitrogen and oxygen atoms in total. The van der Waals surface area contributed by atoms with Crippen molar-refractivity contribution in [1.29, 1.82) is 0 Å². The van der Waals surface area contributed by atoms with Gasteiger partial charge in [0.2, 0.25) is 0 Å². The number of benzene rings is 2. The molecule has 0 amide bonds. The van der Waals surface area contributed by atoms with Crippen molar-refractivity contribution in [3.63, 3.8) is 0 Å². The van der Waals surface area contributed by atoms with E-state index < -0.39 is 11.9 Å². The standard InChI is InChI=1S/C14H7IO4/c15-9-5-3-4-8-12(9)14(17)19-11-7-2-1-6-10(11)18-13(8)16/h1-7H. The number of carbonyl (C=O) groups is 2. The summed E-state index contributed by atoms with van der Waals surface area (Å²) in [6, 6.07) is 11.6. The van der Waals surface area contributed by atoms with Crippen LogP contribution in [-0.4, -0.2) is 11.9 Å². The number of hydrogen-bond donors (Lipinski definition) is 0. The molecule has 0 aliphatic carbocycles. The zero-order valence-corrected chi connectivity index (χ0v) is 11.7. The Bertz CT molecular complexity index is 694. The highest BCUT2D eigenvalue weighted by Crippen LogP contribution is 2.31. The molecule has 0 N–H and O–H groups in total. The summed E-state index contributed by atoms with van der Waals surface area (Å²) in [6.07, 6.45) is 0. The van der Waals surface area contributed by atoms with E-state index in [-0.39, 0.29) is 22.6 Å². The highest BCUT2D eigenvalue weighted by atomic mass is 127. The molecule has 0 saturated carbocycles. The lowest BCUT2D eigenvalue weighted by atomic mass is 10.1. The highest BCUT2D eigenvalue weighted by molar-refractivity contribution is 14.1. The summed E-state index contributed by atoms with van der Waals surface area (Å²) in [7, 11) is 0. The zero-order chi connectivity index (χ0) is 13.4. The zero-order valence-electron chi connectivity index (χ0n) is 9.55. The van der Waals surface area contributed by atoms with Gasteiger partial charge in [-0.05, 0) is 46.9 Å². The van der Waals surface area contributed by atoms with Crippen LogP contribution in [0.1, 0.15) is 20.7 Å². The molecule has 0 unspecified atom stereocenters. The normalized spacial score (nSPS) is 13.5. The van der Waals surface area contributed by atoms with Crippen molar-refractivity contribution < 1.29 is 19.1 Å². The minimum absolute atomic E-state index is 0.214. The van der Waals surface area contributed by atoms with E-state index in [0.717, 1.165) is 0 Å². The molecule has 1 aliphatic heterocycles. The molecule has 94 valence electrons. The Labute approximate surface area is 122 Å². The van der Waals surface area contributed by atoms with Crippen molar-refractivity contribution in [3.8, 4) is 11.5 Å². The summed E-state index contributed by atoms with van der Waals surface area (Å²) in [5, 5.41) is 0. The third-order valence-electron chi connectivity index (χ3n) is 2.69. The topological polar surface area (TPSA) is 52.6 Å². The van der Waals surface area contributed by atoms with Crippen molar-refractivity contribution >= 4 is 34.5 Å². The van der Waals surface area contributed by atoms with E-state index in [2.05, 4.69) is 0 Å². The molecule has 3 rings (SSSR count). The molecule has 0 spiro atoms. The number of halogens is 1. The second kappa shape index (κ2) is 4.65. The first-order valence-electron chi connectivity index (χ1n) is 5.49. The molecule has 0 radical (unpaired) electrons. The third kappa shape index (κ3) is 2.10. The maximum atomic E-state index is 12.2. The lowest BCUT2D eigenvalue weighted by Gasteiger charge is -2.16. The molecule has 2 aromatic carbocycles. The van der Waals surface area contributed by atoms with Gasteiger partial charge < -0.3 is 9.47 Å². The lowest BCUT2D eigenvalue weighted by Crippen LogP contribution is -2.22. The molecular formula is C14H7IO4. The minimum Gasteiger partial charge on any atom is -0.419 e. The highest BCUT2D eigenvalue weighted by Gasteiger charge is 2.27. The number of rotatable bonds is 0. The summed E-state index contributed by atoms with van der Waals surface area (Å²) < 4.78 is 11.2. The summed E-state index contributed by atoms with van der Waals surface area (Å²) in [4.78, 5) is 24.2. The summed E-state index contributed by atoms with van der Waals surface area (Å²) in [5.41, 5.74) is 0.453. The Balaban J connectivity index is 2.19. The smallest absolute Gasteiger partial charge is 0.345 e. The first-order valence-corrected chi connectivity index (χ1v) is 6.56. The van der Waals surface area contributed by atoms with Crippen LogP contribution in [-0.2, 0) is 0 Å². The van der Waals surface area contributed by atoms with Crippen molar-refractivity contribution in [1.82, 2.24) is 0 Å². The Morgan fingerprint density at radius 1 is 0.789 bits per heavy atom. The van der Waals surface area contributed by atoms with Crippen LogP contribution in [0.2, 0.25) is 0 Å². The fourth-order valence-corrected chi connectivity index (χ4v) is 2.54. The minimum atomic E-state index is -0.558. The van der Waals surface area contributed by atoms with Gasteiger partial charge in [0.1, 0.15) is 0 Å². The maximum Gasteiger partial charge on any atom is 0.345 e. The van der Waals surface area contributed by atoms with Crippen LogP contribution in [0.5, 0.6) is 11.5 Å². The van der Waals surface area contributed by atoms with Gasteiger partial charge in [-0.2, -0.15) is 0 Å². The lowest BCUT2D eigenvalue weighted by molar-refractivity contribution is 0.0647. The second-order valence-electron chi connectivity index (χ2n) is 3.89. The van der Waals surface area contributed by atoms with Gasteiger partial charge in [0.15, 0.2) is 11.5 Å². The Hall–Kier alpha value is -1.89. The Morgan fingerprint density at radius 3 is 2.11 bits per heavy atom. The van der Waals surface area contributed by atoms with Crippen molar-refractivity contribution in [3.05, 3.63) is 57.2 Å². The maximum absolute atomic E-state index is 12.2. The largest absolute Gasteiger partial charge is 0.419 e. The quantitative estimate of drug-likeness (QED) is 0.409. The van der Waals surface area contributed by atoms with E-state index in [9.17, 15) is 9.59 Å². The first-order chi connectivity index (χ1) is 9.16. The summed E-state index contributed by atoms with van der Waals surface area (Å²) in [5.74, 6) is -0.627. The number of para-hydroxylation sites is 2. The van der Waals surface area contributed by atoms with E-state index in [0.29, 0.717) is 3.57 Å². The molecule has 0 aromatic heterocycles. The number of carbonyl (C=O) groups excluding carboxylic acids is 2.